The van der Waals surface area contributed by atoms with Crippen LogP contribution in [0.25, 0.3) is 0 Å². The van der Waals surface area contributed by atoms with Crippen LogP contribution in [0.3, 0.4) is 0 Å². The lowest BCUT2D eigenvalue weighted by atomic mass is 10.2. The summed E-state index contributed by atoms with van der Waals surface area (Å²) >= 11 is 0. The minimum absolute atomic E-state index is 0.103. The monoisotopic (exact) mass is 277 g/mol. The first kappa shape index (κ1) is 13.9. The molecule has 2 aromatic rings. The summed E-state index contributed by atoms with van der Waals surface area (Å²) in [7, 11) is 3.31. The van der Waals surface area contributed by atoms with Gasteiger partial charge in [-0.1, -0.05) is 0 Å². The average Bonchev–Trinajstić information content (AvgIpc) is 2.97. The largest absolute Gasteiger partial charge is 0.475 e. The third kappa shape index (κ3) is 2.71. The first-order valence-corrected chi connectivity index (χ1v) is 5.96. The molecule has 1 amide bonds. The maximum Gasteiger partial charge on any atom is 0.371 e. The number of amides is 1. The number of aryl methyl sites for hydroxylation is 1. The van der Waals surface area contributed by atoms with E-state index in [1.165, 1.54) is 11.0 Å². The van der Waals surface area contributed by atoms with E-state index in [0.717, 1.165) is 0 Å². The van der Waals surface area contributed by atoms with E-state index in [9.17, 15) is 9.59 Å². The second-order valence-corrected chi connectivity index (χ2v) is 4.60. The highest BCUT2D eigenvalue weighted by Gasteiger charge is 2.15. The highest BCUT2D eigenvalue weighted by molar-refractivity contribution is 5.91. The van der Waals surface area contributed by atoms with Crippen LogP contribution >= 0.6 is 0 Å². The van der Waals surface area contributed by atoms with Gasteiger partial charge >= 0.3 is 5.97 Å². The molecule has 0 aliphatic heterocycles. The predicted octanol–water partition coefficient (Wildman–Crippen LogP) is 1.23. The van der Waals surface area contributed by atoms with Gasteiger partial charge in [-0.05, 0) is 19.1 Å². The Hall–Kier alpha value is -2.57. The SMILES string of the molecule is Cc1oc(C(=O)O)cc1Cn1ccc(C(=O)N(C)C)n1. The summed E-state index contributed by atoms with van der Waals surface area (Å²) in [5, 5.41) is 13.0. The zero-order valence-corrected chi connectivity index (χ0v) is 11.5. The van der Waals surface area contributed by atoms with Crippen molar-refractivity contribution >= 4 is 11.9 Å². The molecule has 0 unspecified atom stereocenters. The smallest absolute Gasteiger partial charge is 0.371 e. The van der Waals surface area contributed by atoms with Crippen molar-refractivity contribution in [2.24, 2.45) is 0 Å². The van der Waals surface area contributed by atoms with Crippen molar-refractivity contribution in [3.8, 4) is 0 Å². The minimum atomic E-state index is -1.11. The molecule has 7 heteroatoms. The zero-order valence-electron chi connectivity index (χ0n) is 11.5. The molecular weight excluding hydrogens is 262 g/mol. The first-order valence-electron chi connectivity index (χ1n) is 5.96. The van der Waals surface area contributed by atoms with Crippen molar-refractivity contribution < 1.29 is 19.1 Å². The number of hydrogen-bond donors (Lipinski definition) is 1. The van der Waals surface area contributed by atoms with E-state index in [1.807, 2.05) is 0 Å². The molecule has 20 heavy (non-hydrogen) atoms. The molecule has 1 N–H and O–H groups in total. The standard InChI is InChI=1S/C13H15N3O4/c1-8-9(6-11(20-8)13(18)19)7-16-5-4-10(14-16)12(17)15(2)3/h4-6H,7H2,1-3H3,(H,18,19). The molecule has 0 radical (unpaired) electrons. The highest BCUT2D eigenvalue weighted by Crippen LogP contribution is 2.16. The molecule has 106 valence electrons. The van der Waals surface area contributed by atoms with E-state index in [4.69, 9.17) is 9.52 Å². The zero-order chi connectivity index (χ0) is 14.9. The van der Waals surface area contributed by atoms with Crippen LogP contribution in [-0.4, -0.2) is 45.8 Å². The molecule has 0 saturated carbocycles. The van der Waals surface area contributed by atoms with Gasteiger partial charge in [-0.25, -0.2) is 4.79 Å². The fraction of sp³-hybridized carbons (Fsp3) is 0.308. The van der Waals surface area contributed by atoms with Crippen molar-refractivity contribution in [2.45, 2.75) is 13.5 Å². The van der Waals surface area contributed by atoms with Gasteiger partial charge in [0.05, 0.1) is 6.54 Å². The van der Waals surface area contributed by atoms with Crippen molar-refractivity contribution in [1.82, 2.24) is 14.7 Å². The van der Waals surface area contributed by atoms with Crippen LogP contribution in [0.4, 0.5) is 0 Å². The van der Waals surface area contributed by atoms with Crippen LogP contribution in [0.1, 0.15) is 32.4 Å². The molecule has 2 heterocycles. The number of aromatic carboxylic acids is 1. The molecule has 0 aromatic carbocycles. The van der Waals surface area contributed by atoms with Crippen LogP contribution in [-0.2, 0) is 6.54 Å². The number of carbonyl (C=O) groups excluding carboxylic acids is 1. The topological polar surface area (TPSA) is 88.6 Å². The van der Waals surface area contributed by atoms with Crippen LogP contribution in [0, 0.1) is 6.92 Å². The number of rotatable bonds is 4. The summed E-state index contributed by atoms with van der Waals surface area (Å²) in [6.45, 7) is 2.04. The Morgan fingerprint density at radius 3 is 2.70 bits per heavy atom. The maximum atomic E-state index is 11.7. The molecule has 0 aliphatic carbocycles. The molecule has 0 fully saturated rings. The highest BCUT2D eigenvalue weighted by atomic mass is 16.4. The number of hydrogen-bond acceptors (Lipinski definition) is 4. The van der Waals surface area contributed by atoms with Gasteiger partial charge in [-0.15, -0.1) is 0 Å². The Balaban J connectivity index is 2.19. The number of carboxylic acid groups (broad SMARTS) is 1. The van der Waals surface area contributed by atoms with Crippen LogP contribution in [0.15, 0.2) is 22.7 Å². The average molecular weight is 277 g/mol. The lowest BCUT2D eigenvalue weighted by Crippen LogP contribution is -2.22. The normalized spacial score (nSPS) is 10.6. The number of carboxylic acids is 1. The molecule has 2 rings (SSSR count). The number of nitrogens with zero attached hydrogens (tertiary/aromatic N) is 3. The fourth-order valence-corrected chi connectivity index (χ4v) is 1.75. The predicted molar refractivity (Wildman–Crippen MR) is 69.8 cm³/mol. The number of aromatic nitrogens is 2. The van der Waals surface area contributed by atoms with Crippen LogP contribution in [0.2, 0.25) is 0 Å². The van der Waals surface area contributed by atoms with Crippen LogP contribution in [0.5, 0.6) is 0 Å². The van der Waals surface area contributed by atoms with E-state index < -0.39 is 5.97 Å². The second kappa shape index (κ2) is 5.20. The molecule has 2 aromatic heterocycles. The van der Waals surface area contributed by atoms with Gasteiger partial charge in [0, 0.05) is 25.9 Å². The Bertz CT molecular complexity index is 654. The fourth-order valence-electron chi connectivity index (χ4n) is 1.75. The molecular formula is C13H15N3O4. The van der Waals surface area contributed by atoms with Crippen molar-refractivity contribution in [3.05, 3.63) is 41.1 Å². The van der Waals surface area contributed by atoms with Gasteiger partial charge in [-0.3, -0.25) is 9.48 Å². The van der Waals surface area contributed by atoms with E-state index in [-0.39, 0.29) is 11.7 Å². The van der Waals surface area contributed by atoms with Gasteiger partial charge in [0.1, 0.15) is 11.5 Å². The molecule has 0 aliphatic rings. The summed E-state index contributed by atoms with van der Waals surface area (Å²) in [6.07, 6.45) is 1.67. The molecule has 0 saturated heterocycles. The molecule has 0 bridgehead atoms. The Kier molecular flexibility index (Phi) is 3.60. The Labute approximate surface area is 115 Å². The summed E-state index contributed by atoms with van der Waals surface area (Å²) < 4.78 is 6.69. The quantitative estimate of drug-likeness (QED) is 0.908. The van der Waals surface area contributed by atoms with Gasteiger partial charge in [0.2, 0.25) is 5.76 Å². The van der Waals surface area contributed by atoms with Crippen molar-refractivity contribution in [1.29, 1.82) is 0 Å². The van der Waals surface area contributed by atoms with Crippen molar-refractivity contribution in [3.63, 3.8) is 0 Å². The second-order valence-electron chi connectivity index (χ2n) is 4.60. The summed E-state index contributed by atoms with van der Waals surface area (Å²) in [6, 6.07) is 3.09. The maximum absolute atomic E-state index is 11.7. The lowest BCUT2D eigenvalue weighted by Gasteiger charge is -2.06. The lowest BCUT2D eigenvalue weighted by molar-refractivity contribution is 0.0660. The van der Waals surface area contributed by atoms with E-state index in [1.54, 1.807) is 38.0 Å². The van der Waals surface area contributed by atoms with Gasteiger partial charge in [0.15, 0.2) is 0 Å². The first-order chi connectivity index (χ1) is 9.38. The number of carbonyl (C=O) groups is 2. The summed E-state index contributed by atoms with van der Waals surface area (Å²) in [5.41, 5.74) is 1.06. The third-order valence-electron chi connectivity index (χ3n) is 2.83. The third-order valence-corrected chi connectivity index (χ3v) is 2.83. The minimum Gasteiger partial charge on any atom is -0.475 e. The van der Waals surface area contributed by atoms with E-state index >= 15 is 0 Å². The van der Waals surface area contributed by atoms with E-state index in [0.29, 0.717) is 23.6 Å². The Morgan fingerprint density at radius 2 is 2.15 bits per heavy atom. The Morgan fingerprint density at radius 1 is 1.45 bits per heavy atom. The molecule has 0 spiro atoms. The van der Waals surface area contributed by atoms with Crippen LogP contribution < -0.4 is 0 Å². The molecule has 0 atom stereocenters. The van der Waals surface area contributed by atoms with Gasteiger partial charge in [0.25, 0.3) is 5.91 Å². The van der Waals surface area contributed by atoms with Crippen molar-refractivity contribution in [2.75, 3.05) is 14.1 Å². The molecule has 7 nitrogen and oxygen atoms in total. The van der Waals surface area contributed by atoms with Gasteiger partial charge in [-0.2, -0.15) is 5.10 Å². The number of furan rings is 1. The van der Waals surface area contributed by atoms with E-state index in [2.05, 4.69) is 5.10 Å². The van der Waals surface area contributed by atoms with Gasteiger partial charge < -0.3 is 14.4 Å². The summed E-state index contributed by atoms with van der Waals surface area (Å²) in [5.74, 6) is -0.866. The summed E-state index contributed by atoms with van der Waals surface area (Å²) in [4.78, 5) is 24.0.